The van der Waals surface area contributed by atoms with Gasteiger partial charge in [-0.3, -0.25) is 4.90 Å². The Kier molecular flexibility index (Phi) is 7.46. The Bertz CT molecular complexity index is 781. The van der Waals surface area contributed by atoms with Crippen molar-refractivity contribution in [3.63, 3.8) is 0 Å². The smallest absolute Gasteiger partial charge is 0.227 e. The van der Waals surface area contributed by atoms with Crippen LogP contribution in [0.1, 0.15) is 37.8 Å². The maximum Gasteiger partial charge on any atom is 0.227 e. The summed E-state index contributed by atoms with van der Waals surface area (Å²) < 4.78 is 39.1. The zero-order valence-electron chi connectivity index (χ0n) is 18.2. The van der Waals surface area contributed by atoms with Crippen LogP contribution in [-0.4, -0.2) is 92.7 Å². The van der Waals surface area contributed by atoms with Crippen molar-refractivity contribution in [2.24, 2.45) is 5.92 Å². The van der Waals surface area contributed by atoms with Crippen LogP contribution in [0.5, 0.6) is 0 Å². The van der Waals surface area contributed by atoms with E-state index in [2.05, 4.69) is 21.8 Å². The van der Waals surface area contributed by atoms with Gasteiger partial charge in [0.25, 0.3) is 0 Å². The topological polar surface area (TPSA) is 76.9 Å². The van der Waals surface area contributed by atoms with Crippen LogP contribution in [0.15, 0.2) is 11.4 Å². The van der Waals surface area contributed by atoms with E-state index < -0.39 is 9.84 Å². The van der Waals surface area contributed by atoms with E-state index in [1.165, 1.54) is 0 Å². The Morgan fingerprint density at radius 1 is 1.20 bits per heavy atom. The molecule has 30 heavy (non-hydrogen) atoms. The highest BCUT2D eigenvalue weighted by Gasteiger charge is 2.33. The monoisotopic (exact) mass is 440 g/mol. The predicted molar refractivity (Wildman–Crippen MR) is 114 cm³/mol. The lowest BCUT2D eigenvalue weighted by Gasteiger charge is -2.27. The molecule has 1 saturated carbocycles. The van der Waals surface area contributed by atoms with Gasteiger partial charge < -0.3 is 18.9 Å². The molecule has 1 aliphatic carbocycles. The molecule has 0 radical (unpaired) electrons. The fourth-order valence-corrected chi connectivity index (χ4v) is 6.21. The lowest BCUT2D eigenvalue weighted by molar-refractivity contribution is 0.0363. The lowest BCUT2D eigenvalue weighted by atomic mass is 10.2. The third kappa shape index (κ3) is 6.03. The van der Waals surface area contributed by atoms with E-state index in [1.807, 2.05) is 4.57 Å². The molecule has 0 N–H and O–H groups in total. The Morgan fingerprint density at radius 2 is 2.00 bits per heavy atom. The van der Waals surface area contributed by atoms with Crippen LogP contribution < -0.4 is 0 Å². The number of sulfone groups is 1. The number of morpholine rings is 1. The highest BCUT2D eigenvalue weighted by Crippen LogP contribution is 2.32. The van der Waals surface area contributed by atoms with Crippen molar-refractivity contribution < 1.29 is 17.9 Å². The maximum atomic E-state index is 13.0. The highest BCUT2D eigenvalue weighted by molar-refractivity contribution is 7.91. The van der Waals surface area contributed by atoms with Crippen molar-refractivity contribution in [3.05, 3.63) is 11.9 Å². The molecular weight excluding hydrogens is 404 g/mol. The SMILES string of the molecule is CN(CCCN1CCOCC1)Cc1cnc(S(=O)(=O)CC2CC2)n1C[C@@H]1CCCO1. The molecule has 0 bridgehead atoms. The minimum Gasteiger partial charge on any atom is -0.379 e. The second-order valence-corrected chi connectivity index (χ2v) is 11.0. The molecule has 9 heteroatoms. The number of hydrogen-bond acceptors (Lipinski definition) is 7. The zero-order valence-corrected chi connectivity index (χ0v) is 19.0. The first-order valence-electron chi connectivity index (χ1n) is 11.4. The summed E-state index contributed by atoms with van der Waals surface area (Å²) in [6, 6.07) is 0. The Hall–Kier alpha value is -1.00. The van der Waals surface area contributed by atoms with Crippen molar-refractivity contribution in [2.75, 3.05) is 58.8 Å². The third-order valence-electron chi connectivity index (χ3n) is 6.29. The maximum absolute atomic E-state index is 13.0. The lowest BCUT2D eigenvalue weighted by Crippen LogP contribution is -2.37. The van der Waals surface area contributed by atoms with Crippen molar-refractivity contribution >= 4 is 9.84 Å². The molecule has 1 atom stereocenters. The van der Waals surface area contributed by atoms with Crippen LogP contribution in [0, 0.1) is 5.92 Å². The first-order valence-corrected chi connectivity index (χ1v) is 13.0. The summed E-state index contributed by atoms with van der Waals surface area (Å²) in [4.78, 5) is 9.10. The van der Waals surface area contributed by atoms with E-state index in [1.54, 1.807) is 6.20 Å². The molecule has 1 aromatic heterocycles. The Labute approximate surface area is 180 Å². The van der Waals surface area contributed by atoms with Crippen molar-refractivity contribution in [3.8, 4) is 0 Å². The number of nitrogens with zero attached hydrogens (tertiary/aromatic N) is 4. The van der Waals surface area contributed by atoms with Crippen LogP contribution in [0.4, 0.5) is 0 Å². The molecule has 4 rings (SSSR count). The van der Waals surface area contributed by atoms with Crippen LogP contribution >= 0.6 is 0 Å². The average molecular weight is 441 g/mol. The first-order chi connectivity index (χ1) is 14.5. The number of ether oxygens (including phenoxy) is 2. The standard InChI is InChI=1S/C21H36N4O4S/c1-23(7-3-8-24-9-12-28-13-10-24)15-19-14-22-21(30(26,27)17-18-5-6-18)25(19)16-20-4-2-11-29-20/h14,18,20H,2-13,15-17H2,1H3/t20-/m0/s1. The fourth-order valence-electron chi connectivity index (χ4n) is 4.37. The number of hydrogen-bond donors (Lipinski definition) is 0. The summed E-state index contributed by atoms with van der Waals surface area (Å²) in [5.41, 5.74) is 0.966. The second kappa shape index (κ2) is 10.1. The van der Waals surface area contributed by atoms with Gasteiger partial charge in [-0.25, -0.2) is 13.4 Å². The van der Waals surface area contributed by atoms with Gasteiger partial charge in [-0.05, 0) is 58.2 Å². The van der Waals surface area contributed by atoms with E-state index in [0.717, 1.165) is 83.8 Å². The molecule has 0 amide bonds. The van der Waals surface area contributed by atoms with E-state index in [-0.39, 0.29) is 17.0 Å². The van der Waals surface area contributed by atoms with Crippen LogP contribution in [-0.2, 0) is 32.4 Å². The van der Waals surface area contributed by atoms with Crippen molar-refractivity contribution in [1.29, 1.82) is 0 Å². The normalized spacial score (nSPS) is 23.5. The minimum absolute atomic E-state index is 0.0828. The van der Waals surface area contributed by atoms with Gasteiger partial charge in [0.15, 0.2) is 0 Å². The van der Waals surface area contributed by atoms with Crippen LogP contribution in [0.3, 0.4) is 0 Å². The number of aromatic nitrogens is 2. The summed E-state index contributed by atoms with van der Waals surface area (Å²) in [5, 5.41) is 0.238. The van der Waals surface area contributed by atoms with Gasteiger partial charge in [0.2, 0.25) is 15.0 Å². The fraction of sp³-hybridized carbons (Fsp3) is 0.857. The first kappa shape index (κ1) is 22.2. The van der Waals surface area contributed by atoms with Gasteiger partial charge >= 0.3 is 0 Å². The summed E-state index contributed by atoms with van der Waals surface area (Å²) in [5.74, 6) is 0.541. The molecule has 8 nitrogen and oxygen atoms in total. The van der Waals surface area contributed by atoms with E-state index in [0.29, 0.717) is 19.0 Å². The largest absolute Gasteiger partial charge is 0.379 e. The molecule has 2 saturated heterocycles. The second-order valence-electron chi connectivity index (χ2n) is 9.05. The molecule has 3 heterocycles. The van der Waals surface area contributed by atoms with Crippen molar-refractivity contribution in [1.82, 2.24) is 19.4 Å². The molecule has 3 aliphatic rings. The number of rotatable bonds is 11. The summed E-state index contributed by atoms with van der Waals surface area (Å²) in [6.45, 7) is 7.77. The molecular formula is C21H36N4O4S. The molecule has 3 fully saturated rings. The minimum atomic E-state index is -3.36. The predicted octanol–water partition coefficient (Wildman–Crippen LogP) is 1.40. The van der Waals surface area contributed by atoms with Crippen molar-refractivity contribution in [2.45, 2.75) is 56.5 Å². The summed E-state index contributed by atoms with van der Waals surface area (Å²) in [7, 11) is -1.26. The van der Waals surface area contributed by atoms with Gasteiger partial charge in [-0.1, -0.05) is 0 Å². The molecule has 0 spiro atoms. The van der Waals surface area contributed by atoms with Crippen LogP contribution in [0.25, 0.3) is 0 Å². The van der Waals surface area contributed by atoms with E-state index >= 15 is 0 Å². The summed E-state index contributed by atoms with van der Waals surface area (Å²) >= 11 is 0. The van der Waals surface area contributed by atoms with Gasteiger partial charge in [0.1, 0.15) is 0 Å². The Morgan fingerprint density at radius 3 is 2.70 bits per heavy atom. The summed E-state index contributed by atoms with van der Waals surface area (Å²) in [6.07, 6.45) is 6.99. The molecule has 2 aliphatic heterocycles. The number of imidazole rings is 1. The molecule has 0 unspecified atom stereocenters. The molecule has 170 valence electrons. The van der Waals surface area contributed by atoms with Gasteiger partial charge in [-0.2, -0.15) is 0 Å². The van der Waals surface area contributed by atoms with Gasteiger partial charge in [-0.15, -0.1) is 0 Å². The zero-order chi connectivity index (χ0) is 21.0. The molecule has 1 aromatic rings. The van der Waals surface area contributed by atoms with E-state index in [9.17, 15) is 8.42 Å². The highest BCUT2D eigenvalue weighted by atomic mass is 32.2. The average Bonchev–Trinajstić information content (AvgIpc) is 3.21. The van der Waals surface area contributed by atoms with Crippen LogP contribution in [0.2, 0.25) is 0 Å². The van der Waals surface area contributed by atoms with Gasteiger partial charge in [0.05, 0.1) is 43.5 Å². The Balaban J connectivity index is 1.39. The van der Waals surface area contributed by atoms with E-state index in [4.69, 9.17) is 9.47 Å². The third-order valence-corrected chi connectivity index (χ3v) is 8.08. The quantitative estimate of drug-likeness (QED) is 0.515. The molecule has 0 aromatic carbocycles. The van der Waals surface area contributed by atoms with Gasteiger partial charge in [0, 0.05) is 26.2 Å².